The van der Waals surface area contributed by atoms with Crippen LogP contribution < -0.4 is 0 Å². The van der Waals surface area contributed by atoms with Gasteiger partial charge in [-0.15, -0.1) is 23.1 Å². The third-order valence-corrected chi connectivity index (χ3v) is 3.94. The maximum Gasteiger partial charge on any atom is 0.0940 e. The number of hydrogen-bond donors (Lipinski definition) is 0. The Labute approximate surface area is 90.9 Å². The Hall–Kier alpha value is -0.180. The molecule has 3 heteroatoms. The lowest BCUT2D eigenvalue weighted by Crippen LogP contribution is -1.75. The molecular weight excluding hydrogens is 220 g/mol. The van der Waals surface area contributed by atoms with Crippen LogP contribution in [0.3, 0.4) is 0 Å². The number of benzene rings is 1. The molecule has 0 fully saturated rings. The van der Waals surface area contributed by atoms with E-state index in [0.29, 0.717) is 0 Å². The van der Waals surface area contributed by atoms with E-state index in [1.165, 1.54) is 20.5 Å². The number of hydrogen-bond acceptors (Lipinski definition) is 2. The molecule has 2 aromatic rings. The van der Waals surface area contributed by atoms with E-state index in [0.717, 1.165) is 4.34 Å². The molecule has 0 unspecified atom stereocenters. The Kier molecular flexibility index (Phi) is 2.54. The first kappa shape index (κ1) is 9.38. The molecule has 0 bridgehead atoms. The van der Waals surface area contributed by atoms with Crippen molar-refractivity contribution < 1.29 is 0 Å². The monoisotopic (exact) mass is 228 g/mol. The van der Waals surface area contributed by atoms with E-state index in [1.54, 1.807) is 23.1 Å². The number of rotatable bonds is 1. The van der Waals surface area contributed by atoms with E-state index in [9.17, 15) is 0 Å². The minimum atomic E-state index is 0.872. The van der Waals surface area contributed by atoms with Gasteiger partial charge >= 0.3 is 0 Å². The van der Waals surface area contributed by atoms with Gasteiger partial charge in [0.25, 0.3) is 0 Å². The standard InChI is InChI=1S/C10H9ClS2/c1-6-3-7(12-2)4-9-8(6)5-10(11)13-9/h3-5H,1-2H3. The lowest BCUT2D eigenvalue weighted by Gasteiger charge is -1.99. The molecular formula is C10H9ClS2. The van der Waals surface area contributed by atoms with Crippen molar-refractivity contribution >= 4 is 44.8 Å². The maximum absolute atomic E-state index is 5.96. The lowest BCUT2D eigenvalue weighted by atomic mass is 10.1. The summed E-state index contributed by atoms with van der Waals surface area (Å²) in [7, 11) is 0. The fourth-order valence-electron chi connectivity index (χ4n) is 1.37. The van der Waals surface area contributed by atoms with Crippen molar-refractivity contribution in [1.29, 1.82) is 0 Å². The first-order chi connectivity index (χ1) is 6.20. The molecule has 0 aliphatic carbocycles. The Balaban J connectivity index is 2.75. The van der Waals surface area contributed by atoms with Gasteiger partial charge in [-0.25, -0.2) is 0 Å². The largest absolute Gasteiger partial charge is 0.130 e. The molecule has 1 aromatic carbocycles. The van der Waals surface area contributed by atoms with Crippen molar-refractivity contribution in [2.45, 2.75) is 11.8 Å². The summed E-state index contributed by atoms with van der Waals surface area (Å²) in [5.41, 5.74) is 1.31. The highest BCUT2D eigenvalue weighted by Crippen LogP contribution is 2.34. The molecule has 1 aromatic heterocycles. The molecule has 2 rings (SSSR count). The molecule has 0 aliphatic heterocycles. The minimum absolute atomic E-state index is 0.872. The zero-order valence-electron chi connectivity index (χ0n) is 7.43. The number of fused-ring (bicyclic) bond motifs is 1. The fourth-order valence-corrected chi connectivity index (χ4v) is 3.24. The van der Waals surface area contributed by atoms with Crippen molar-refractivity contribution in [2.75, 3.05) is 6.26 Å². The first-order valence-corrected chi connectivity index (χ1v) is 6.36. The van der Waals surface area contributed by atoms with Gasteiger partial charge in [0.15, 0.2) is 0 Å². The topological polar surface area (TPSA) is 0 Å². The average Bonchev–Trinajstić information content (AvgIpc) is 2.46. The van der Waals surface area contributed by atoms with Crippen LogP contribution in [-0.2, 0) is 0 Å². The lowest BCUT2D eigenvalue weighted by molar-refractivity contribution is 1.43. The van der Waals surface area contributed by atoms with E-state index < -0.39 is 0 Å². The highest BCUT2D eigenvalue weighted by atomic mass is 35.5. The Morgan fingerprint density at radius 2 is 2.08 bits per heavy atom. The van der Waals surface area contributed by atoms with Gasteiger partial charge in [-0.1, -0.05) is 11.6 Å². The van der Waals surface area contributed by atoms with Gasteiger partial charge in [-0.05, 0) is 42.3 Å². The molecule has 0 saturated carbocycles. The van der Waals surface area contributed by atoms with E-state index in [2.05, 4.69) is 25.3 Å². The summed E-state index contributed by atoms with van der Waals surface area (Å²) in [6, 6.07) is 6.45. The molecule has 0 saturated heterocycles. The Morgan fingerprint density at radius 1 is 1.31 bits per heavy atom. The Morgan fingerprint density at radius 3 is 2.77 bits per heavy atom. The third-order valence-electron chi connectivity index (χ3n) is 2.02. The van der Waals surface area contributed by atoms with Gasteiger partial charge in [0, 0.05) is 9.60 Å². The van der Waals surface area contributed by atoms with E-state index in [-0.39, 0.29) is 0 Å². The van der Waals surface area contributed by atoms with Crippen LogP contribution in [0, 0.1) is 6.92 Å². The first-order valence-electron chi connectivity index (χ1n) is 3.94. The summed E-state index contributed by atoms with van der Waals surface area (Å²) in [5.74, 6) is 0. The number of aryl methyl sites for hydroxylation is 1. The second-order valence-corrected chi connectivity index (χ2v) is 5.50. The van der Waals surface area contributed by atoms with Gasteiger partial charge in [0.1, 0.15) is 0 Å². The molecule has 1 heterocycles. The van der Waals surface area contributed by atoms with Gasteiger partial charge in [0.05, 0.1) is 4.34 Å². The summed E-state index contributed by atoms with van der Waals surface area (Å²) in [6.45, 7) is 2.13. The zero-order valence-corrected chi connectivity index (χ0v) is 9.82. The molecule has 13 heavy (non-hydrogen) atoms. The molecule has 0 nitrogen and oxygen atoms in total. The minimum Gasteiger partial charge on any atom is -0.130 e. The highest BCUT2D eigenvalue weighted by Gasteiger charge is 2.04. The quantitative estimate of drug-likeness (QED) is 0.644. The predicted octanol–water partition coefficient (Wildman–Crippen LogP) is 4.59. The number of halogens is 1. The summed E-state index contributed by atoms with van der Waals surface area (Å²) in [5, 5.41) is 1.28. The second-order valence-electron chi connectivity index (χ2n) is 2.91. The molecule has 0 radical (unpaired) electrons. The summed E-state index contributed by atoms with van der Waals surface area (Å²) < 4.78 is 2.16. The van der Waals surface area contributed by atoms with Gasteiger partial charge in [0.2, 0.25) is 0 Å². The number of thiophene rings is 1. The SMILES string of the molecule is CSc1cc(C)c2cc(Cl)sc2c1. The molecule has 0 N–H and O–H groups in total. The van der Waals surface area contributed by atoms with Crippen LogP contribution in [0.4, 0.5) is 0 Å². The van der Waals surface area contributed by atoms with Crippen molar-refractivity contribution in [1.82, 2.24) is 0 Å². The maximum atomic E-state index is 5.96. The van der Waals surface area contributed by atoms with Crippen LogP contribution in [0.2, 0.25) is 4.34 Å². The van der Waals surface area contributed by atoms with Crippen molar-refractivity contribution in [3.63, 3.8) is 0 Å². The van der Waals surface area contributed by atoms with Gasteiger partial charge < -0.3 is 0 Å². The predicted molar refractivity (Wildman–Crippen MR) is 63.4 cm³/mol. The van der Waals surface area contributed by atoms with Crippen LogP contribution in [0.25, 0.3) is 10.1 Å². The molecule has 0 amide bonds. The normalized spacial score (nSPS) is 11.0. The average molecular weight is 229 g/mol. The molecule has 0 aliphatic rings. The van der Waals surface area contributed by atoms with Gasteiger partial charge in [-0.2, -0.15) is 0 Å². The van der Waals surface area contributed by atoms with Crippen molar-refractivity contribution in [3.8, 4) is 0 Å². The van der Waals surface area contributed by atoms with Crippen LogP contribution in [0.1, 0.15) is 5.56 Å². The fraction of sp³-hybridized carbons (Fsp3) is 0.200. The van der Waals surface area contributed by atoms with Crippen LogP contribution in [-0.4, -0.2) is 6.26 Å². The van der Waals surface area contributed by atoms with E-state index >= 15 is 0 Å². The van der Waals surface area contributed by atoms with E-state index in [1.807, 2.05) is 6.07 Å². The smallest absolute Gasteiger partial charge is 0.0940 e. The van der Waals surface area contributed by atoms with Crippen LogP contribution >= 0.6 is 34.7 Å². The Bertz CT molecular complexity index is 445. The van der Waals surface area contributed by atoms with Crippen molar-refractivity contribution in [2.24, 2.45) is 0 Å². The second kappa shape index (κ2) is 3.52. The van der Waals surface area contributed by atoms with Crippen LogP contribution in [0.15, 0.2) is 23.1 Å². The van der Waals surface area contributed by atoms with Gasteiger partial charge in [-0.3, -0.25) is 0 Å². The summed E-state index contributed by atoms with van der Waals surface area (Å²) in [4.78, 5) is 1.31. The molecule has 0 spiro atoms. The third kappa shape index (κ3) is 1.71. The molecule has 0 atom stereocenters. The van der Waals surface area contributed by atoms with E-state index in [4.69, 9.17) is 11.6 Å². The summed E-state index contributed by atoms with van der Waals surface area (Å²) in [6.07, 6.45) is 2.09. The highest BCUT2D eigenvalue weighted by molar-refractivity contribution is 7.98. The molecule has 68 valence electrons. The van der Waals surface area contributed by atoms with Crippen LogP contribution in [0.5, 0.6) is 0 Å². The zero-order chi connectivity index (χ0) is 9.42. The number of thioether (sulfide) groups is 1. The van der Waals surface area contributed by atoms with Crippen molar-refractivity contribution in [3.05, 3.63) is 28.1 Å². The summed E-state index contributed by atoms with van der Waals surface area (Å²) >= 11 is 9.38.